The van der Waals surface area contributed by atoms with Crippen LogP contribution in [-0.4, -0.2) is 43.0 Å². The molecule has 2 rings (SSSR count). The Morgan fingerprint density at radius 2 is 1.93 bits per heavy atom. The first kappa shape index (κ1) is 21.1. The standard InChI is InChI=1S/C16H22N4O5S2/c1-6-25-15(22)13-10(3)20(5)11(4)14(13)27(23,24)17-7-12(21)19-16-18-9(2)8-26-16/h8,17H,6-7H2,1-5H3,(H,18,19,21). The first-order valence-corrected chi connectivity index (χ1v) is 10.5. The van der Waals surface area contributed by atoms with Gasteiger partial charge in [0.2, 0.25) is 15.9 Å². The van der Waals surface area contributed by atoms with Crippen molar-refractivity contribution in [2.24, 2.45) is 7.05 Å². The smallest absolute Gasteiger partial charge is 0.341 e. The molecule has 0 radical (unpaired) electrons. The van der Waals surface area contributed by atoms with Gasteiger partial charge in [-0.25, -0.2) is 22.9 Å². The highest BCUT2D eigenvalue weighted by molar-refractivity contribution is 7.89. The van der Waals surface area contributed by atoms with E-state index < -0.39 is 28.4 Å². The van der Waals surface area contributed by atoms with Gasteiger partial charge in [-0.05, 0) is 27.7 Å². The van der Waals surface area contributed by atoms with Gasteiger partial charge in [0.25, 0.3) is 0 Å². The number of nitrogens with one attached hydrogen (secondary N) is 2. The van der Waals surface area contributed by atoms with Crippen molar-refractivity contribution in [1.82, 2.24) is 14.3 Å². The quantitative estimate of drug-likeness (QED) is 0.663. The highest BCUT2D eigenvalue weighted by atomic mass is 32.2. The maximum absolute atomic E-state index is 12.8. The number of thiazole rings is 1. The first-order chi connectivity index (χ1) is 12.6. The molecule has 0 aliphatic rings. The minimum atomic E-state index is -4.12. The number of nitrogens with zero attached hydrogens (tertiary/aromatic N) is 2. The Balaban J connectivity index is 2.24. The van der Waals surface area contributed by atoms with Crippen LogP contribution < -0.4 is 10.0 Å². The summed E-state index contributed by atoms with van der Waals surface area (Å²) in [5, 5.41) is 4.67. The third-order valence-corrected chi connectivity index (χ3v) is 6.40. The molecule has 0 aromatic carbocycles. The summed E-state index contributed by atoms with van der Waals surface area (Å²) in [6.45, 7) is 6.27. The summed E-state index contributed by atoms with van der Waals surface area (Å²) in [5.74, 6) is -1.28. The summed E-state index contributed by atoms with van der Waals surface area (Å²) >= 11 is 1.24. The molecule has 0 atom stereocenters. The molecule has 0 bridgehead atoms. The molecule has 1 amide bonds. The lowest BCUT2D eigenvalue weighted by Crippen LogP contribution is -2.33. The molecule has 2 aromatic rings. The molecule has 0 saturated carbocycles. The third kappa shape index (κ3) is 4.54. The van der Waals surface area contributed by atoms with Crippen molar-refractivity contribution >= 4 is 38.4 Å². The fourth-order valence-electron chi connectivity index (χ4n) is 2.50. The second-order valence-corrected chi connectivity index (χ2v) is 8.38. The molecule has 2 heterocycles. The van der Waals surface area contributed by atoms with Crippen molar-refractivity contribution in [1.29, 1.82) is 0 Å². The number of ether oxygens (including phenoxy) is 1. The molecule has 2 N–H and O–H groups in total. The number of hydrogen-bond acceptors (Lipinski definition) is 7. The summed E-state index contributed by atoms with van der Waals surface area (Å²) in [7, 11) is -2.46. The average Bonchev–Trinajstić information content (AvgIpc) is 3.09. The van der Waals surface area contributed by atoms with Crippen molar-refractivity contribution in [3.8, 4) is 0 Å². The van der Waals surface area contributed by atoms with Crippen LogP contribution in [0.1, 0.15) is 34.4 Å². The Morgan fingerprint density at radius 1 is 1.26 bits per heavy atom. The largest absolute Gasteiger partial charge is 0.462 e. The number of hydrogen-bond donors (Lipinski definition) is 2. The molecule has 11 heteroatoms. The third-order valence-electron chi connectivity index (χ3n) is 3.96. The van der Waals surface area contributed by atoms with Crippen molar-refractivity contribution in [3.05, 3.63) is 28.0 Å². The van der Waals surface area contributed by atoms with E-state index in [1.165, 1.54) is 11.3 Å². The molecule has 27 heavy (non-hydrogen) atoms. The summed E-state index contributed by atoms with van der Waals surface area (Å²) in [6, 6.07) is 0. The van der Waals surface area contributed by atoms with E-state index >= 15 is 0 Å². The molecular formula is C16H22N4O5S2. The average molecular weight is 415 g/mol. The first-order valence-electron chi connectivity index (χ1n) is 8.13. The summed E-state index contributed by atoms with van der Waals surface area (Å²) in [6.07, 6.45) is 0. The zero-order valence-electron chi connectivity index (χ0n) is 15.7. The van der Waals surface area contributed by atoms with Crippen molar-refractivity contribution in [2.75, 3.05) is 18.5 Å². The molecular weight excluding hydrogens is 392 g/mol. The maximum atomic E-state index is 12.8. The van der Waals surface area contributed by atoms with E-state index in [9.17, 15) is 18.0 Å². The van der Waals surface area contributed by atoms with Gasteiger partial charge in [0.05, 0.1) is 18.8 Å². The van der Waals surface area contributed by atoms with Crippen LogP contribution in [0.4, 0.5) is 5.13 Å². The molecule has 0 aliphatic heterocycles. The van der Waals surface area contributed by atoms with Crippen LogP contribution in [0.25, 0.3) is 0 Å². The van der Waals surface area contributed by atoms with E-state index in [0.717, 1.165) is 5.69 Å². The minimum absolute atomic E-state index is 0.0275. The Labute approximate surface area is 161 Å². The predicted molar refractivity (Wildman–Crippen MR) is 102 cm³/mol. The van der Waals surface area contributed by atoms with Gasteiger partial charge >= 0.3 is 5.97 Å². The molecule has 0 unspecified atom stereocenters. The minimum Gasteiger partial charge on any atom is -0.462 e. The number of sulfonamides is 1. The van der Waals surface area contributed by atoms with Crippen LogP contribution in [0.5, 0.6) is 0 Å². The lowest BCUT2D eigenvalue weighted by atomic mass is 10.2. The summed E-state index contributed by atoms with van der Waals surface area (Å²) in [4.78, 5) is 28.2. The lowest BCUT2D eigenvalue weighted by Gasteiger charge is -2.09. The lowest BCUT2D eigenvalue weighted by molar-refractivity contribution is -0.115. The molecule has 0 spiro atoms. The van der Waals surface area contributed by atoms with Crippen LogP contribution in [0.2, 0.25) is 0 Å². The van der Waals surface area contributed by atoms with Gasteiger partial charge < -0.3 is 14.6 Å². The Hall–Kier alpha value is -2.24. The van der Waals surface area contributed by atoms with Crippen LogP contribution in [0.3, 0.4) is 0 Å². The van der Waals surface area contributed by atoms with Crippen molar-refractivity contribution in [2.45, 2.75) is 32.6 Å². The summed E-state index contributed by atoms with van der Waals surface area (Å²) in [5.41, 5.74) is 1.57. The maximum Gasteiger partial charge on any atom is 0.341 e. The topological polar surface area (TPSA) is 119 Å². The highest BCUT2D eigenvalue weighted by Gasteiger charge is 2.31. The van der Waals surface area contributed by atoms with Gasteiger partial charge in [-0.3, -0.25) is 4.79 Å². The number of aryl methyl sites for hydroxylation is 1. The number of rotatable bonds is 7. The number of esters is 1. The SMILES string of the molecule is CCOC(=O)c1c(S(=O)(=O)NCC(=O)Nc2nc(C)cs2)c(C)n(C)c1C. The Bertz CT molecular complexity index is 975. The Kier molecular flexibility index (Phi) is 6.39. The van der Waals surface area contributed by atoms with Crippen LogP contribution in [-0.2, 0) is 26.6 Å². The Morgan fingerprint density at radius 3 is 2.48 bits per heavy atom. The van der Waals surface area contributed by atoms with E-state index in [4.69, 9.17) is 4.74 Å². The van der Waals surface area contributed by atoms with Gasteiger partial charge in [-0.15, -0.1) is 11.3 Å². The van der Waals surface area contributed by atoms with E-state index in [1.807, 2.05) is 0 Å². The fourth-order valence-corrected chi connectivity index (χ4v) is 4.69. The van der Waals surface area contributed by atoms with E-state index in [-0.39, 0.29) is 17.1 Å². The number of carbonyl (C=O) groups is 2. The van der Waals surface area contributed by atoms with Crippen LogP contribution in [0.15, 0.2) is 10.3 Å². The van der Waals surface area contributed by atoms with Crippen molar-refractivity contribution in [3.63, 3.8) is 0 Å². The fraction of sp³-hybridized carbons (Fsp3) is 0.438. The van der Waals surface area contributed by atoms with Gasteiger partial charge in [-0.2, -0.15) is 0 Å². The predicted octanol–water partition coefficient (Wildman–Crippen LogP) is 1.50. The van der Waals surface area contributed by atoms with Gasteiger partial charge in [0.15, 0.2) is 5.13 Å². The van der Waals surface area contributed by atoms with Crippen LogP contribution in [0, 0.1) is 20.8 Å². The molecule has 148 valence electrons. The monoisotopic (exact) mass is 414 g/mol. The van der Waals surface area contributed by atoms with Crippen LogP contribution >= 0.6 is 11.3 Å². The molecule has 2 aromatic heterocycles. The normalized spacial score (nSPS) is 11.4. The zero-order valence-corrected chi connectivity index (χ0v) is 17.4. The molecule has 0 fully saturated rings. The van der Waals surface area contributed by atoms with E-state index in [2.05, 4.69) is 15.0 Å². The number of anilines is 1. The summed E-state index contributed by atoms with van der Waals surface area (Å²) < 4.78 is 34.4. The van der Waals surface area contributed by atoms with Gasteiger partial charge in [-0.1, -0.05) is 0 Å². The van der Waals surface area contributed by atoms with Gasteiger partial charge in [0.1, 0.15) is 10.5 Å². The zero-order chi connectivity index (χ0) is 20.4. The van der Waals surface area contributed by atoms with Crippen molar-refractivity contribution < 1.29 is 22.7 Å². The number of amides is 1. The number of aromatic nitrogens is 2. The second-order valence-electron chi connectivity index (χ2n) is 5.82. The molecule has 0 aliphatic carbocycles. The highest BCUT2D eigenvalue weighted by Crippen LogP contribution is 2.26. The number of carbonyl (C=O) groups excluding carboxylic acids is 2. The second kappa shape index (κ2) is 8.19. The molecule has 0 saturated heterocycles. The molecule has 9 nitrogen and oxygen atoms in total. The van der Waals surface area contributed by atoms with Gasteiger partial charge in [0, 0.05) is 23.8 Å². The van der Waals surface area contributed by atoms with E-state index in [1.54, 1.807) is 44.7 Å². The van der Waals surface area contributed by atoms with E-state index in [0.29, 0.717) is 16.5 Å².